The van der Waals surface area contributed by atoms with Gasteiger partial charge in [0.1, 0.15) is 5.82 Å². The average molecular weight is 325 g/mol. The van der Waals surface area contributed by atoms with Gasteiger partial charge < -0.3 is 14.6 Å². The van der Waals surface area contributed by atoms with Crippen molar-refractivity contribution in [3.05, 3.63) is 5.82 Å². The Bertz CT molecular complexity index is 455. The Kier molecular flexibility index (Phi) is 6.12. The molecule has 0 aliphatic carbocycles. The second-order valence-corrected chi connectivity index (χ2v) is 7.22. The zero-order chi connectivity index (χ0) is 15.2. The highest BCUT2D eigenvalue weighted by atomic mass is 32.2. The summed E-state index contributed by atoms with van der Waals surface area (Å²) < 4.78 is 7.57. The van der Waals surface area contributed by atoms with Gasteiger partial charge in [0.25, 0.3) is 0 Å². The van der Waals surface area contributed by atoms with E-state index in [1.807, 2.05) is 11.8 Å². The quantitative estimate of drug-likeness (QED) is 0.780. The standard InChI is InChI=1S/C15H27N5OS/c1-19-14(12-13-2-4-16-5-3-13)17-18-15(19)22-11-8-20-6-9-21-10-7-20/h13,16H,2-12H2,1H3. The lowest BCUT2D eigenvalue weighted by Crippen LogP contribution is -2.37. The van der Waals surface area contributed by atoms with Crippen LogP contribution in [0.1, 0.15) is 18.7 Å². The van der Waals surface area contributed by atoms with Crippen molar-refractivity contribution >= 4 is 11.8 Å². The second kappa shape index (κ2) is 8.29. The Morgan fingerprint density at radius 2 is 2.00 bits per heavy atom. The molecule has 1 N–H and O–H groups in total. The van der Waals surface area contributed by atoms with Crippen LogP contribution in [0.2, 0.25) is 0 Å². The number of nitrogens with zero attached hydrogens (tertiary/aromatic N) is 4. The van der Waals surface area contributed by atoms with Crippen molar-refractivity contribution in [1.82, 2.24) is 25.0 Å². The normalized spacial score (nSPS) is 21.3. The maximum absolute atomic E-state index is 5.38. The van der Waals surface area contributed by atoms with E-state index >= 15 is 0 Å². The number of morpholine rings is 1. The van der Waals surface area contributed by atoms with E-state index in [9.17, 15) is 0 Å². The van der Waals surface area contributed by atoms with Crippen LogP contribution in [0.5, 0.6) is 0 Å². The third kappa shape index (κ3) is 4.44. The number of piperidine rings is 1. The molecule has 3 heterocycles. The van der Waals surface area contributed by atoms with Gasteiger partial charge in [-0.2, -0.15) is 0 Å². The third-order valence-electron chi connectivity index (χ3n) is 4.60. The molecule has 2 fully saturated rings. The fourth-order valence-corrected chi connectivity index (χ4v) is 4.01. The summed E-state index contributed by atoms with van der Waals surface area (Å²) in [4.78, 5) is 2.46. The van der Waals surface area contributed by atoms with E-state index in [4.69, 9.17) is 4.74 Å². The summed E-state index contributed by atoms with van der Waals surface area (Å²) in [5.74, 6) is 2.97. The highest BCUT2D eigenvalue weighted by Gasteiger charge is 2.18. The minimum absolute atomic E-state index is 0.760. The van der Waals surface area contributed by atoms with Gasteiger partial charge in [0.05, 0.1) is 13.2 Å². The van der Waals surface area contributed by atoms with Gasteiger partial charge in [-0.25, -0.2) is 0 Å². The summed E-state index contributed by atoms with van der Waals surface area (Å²) in [5, 5.41) is 13.3. The number of thioether (sulfide) groups is 1. The van der Waals surface area contributed by atoms with Crippen LogP contribution in [-0.4, -0.2) is 71.4 Å². The Morgan fingerprint density at radius 3 is 2.77 bits per heavy atom. The van der Waals surface area contributed by atoms with Crippen LogP contribution in [-0.2, 0) is 18.2 Å². The third-order valence-corrected chi connectivity index (χ3v) is 5.60. The molecule has 3 rings (SSSR count). The molecule has 2 saturated heterocycles. The van der Waals surface area contributed by atoms with Crippen LogP contribution >= 0.6 is 11.8 Å². The molecule has 2 aliphatic rings. The van der Waals surface area contributed by atoms with E-state index < -0.39 is 0 Å². The van der Waals surface area contributed by atoms with Crippen molar-refractivity contribution < 1.29 is 4.74 Å². The van der Waals surface area contributed by atoms with Gasteiger partial charge in [-0.3, -0.25) is 4.90 Å². The van der Waals surface area contributed by atoms with Gasteiger partial charge in [-0.1, -0.05) is 11.8 Å². The van der Waals surface area contributed by atoms with Gasteiger partial charge in [0.15, 0.2) is 5.16 Å². The molecule has 1 aromatic rings. The van der Waals surface area contributed by atoms with Gasteiger partial charge in [0.2, 0.25) is 0 Å². The van der Waals surface area contributed by atoms with Crippen LogP contribution in [0, 0.1) is 5.92 Å². The summed E-state index contributed by atoms with van der Waals surface area (Å²) >= 11 is 1.82. The number of rotatable bonds is 6. The van der Waals surface area contributed by atoms with E-state index in [0.717, 1.165) is 75.0 Å². The maximum Gasteiger partial charge on any atom is 0.190 e. The minimum Gasteiger partial charge on any atom is -0.379 e. The number of hydrogen-bond acceptors (Lipinski definition) is 6. The second-order valence-electron chi connectivity index (χ2n) is 6.16. The Balaban J connectivity index is 1.45. The molecule has 0 radical (unpaired) electrons. The van der Waals surface area contributed by atoms with Gasteiger partial charge in [-0.05, 0) is 31.8 Å². The van der Waals surface area contributed by atoms with Crippen molar-refractivity contribution in [2.75, 3.05) is 51.7 Å². The van der Waals surface area contributed by atoms with Crippen LogP contribution in [0.25, 0.3) is 0 Å². The molecule has 0 amide bonds. The van der Waals surface area contributed by atoms with Crippen LogP contribution < -0.4 is 5.32 Å². The molecule has 0 spiro atoms. The lowest BCUT2D eigenvalue weighted by atomic mass is 9.94. The van der Waals surface area contributed by atoms with Crippen LogP contribution in [0.4, 0.5) is 0 Å². The molecule has 1 aromatic heterocycles. The lowest BCUT2D eigenvalue weighted by Gasteiger charge is -2.26. The summed E-state index contributed by atoms with van der Waals surface area (Å²) in [6.07, 6.45) is 3.58. The predicted molar refractivity (Wildman–Crippen MR) is 88.3 cm³/mol. The molecule has 0 bridgehead atoms. The number of hydrogen-bond donors (Lipinski definition) is 1. The number of ether oxygens (including phenoxy) is 1. The summed E-state index contributed by atoms with van der Waals surface area (Å²) in [7, 11) is 2.10. The molecule has 2 aliphatic heterocycles. The van der Waals surface area contributed by atoms with Gasteiger partial charge >= 0.3 is 0 Å². The number of aromatic nitrogens is 3. The minimum atomic E-state index is 0.760. The smallest absolute Gasteiger partial charge is 0.190 e. The SMILES string of the molecule is Cn1c(CC2CCNCC2)nnc1SCCN1CCOCC1. The molecular weight excluding hydrogens is 298 g/mol. The van der Waals surface area contributed by atoms with E-state index in [2.05, 4.69) is 32.0 Å². The van der Waals surface area contributed by atoms with Crippen molar-refractivity contribution in [3.8, 4) is 0 Å². The molecule has 0 atom stereocenters. The highest BCUT2D eigenvalue weighted by molar-refractivity contribution is 7.99. The molecule has 0 unspecified atom stereocenters. The number of nitrogens with one attached hydrogen (secondary N) is 1. The highest BCUT2D eigenvalue weighted by Crippen LogP contribution is 2.20. The fraction of sp³-hybridized carbons (Fsp3) is 0.867. The monoisotopic (exact) mass is 325 g/mol. The Labute approximate surface area is 137 Å². The first-order valence-electron chi connectivity index (χ1n) is 8.35. The summed E-state index contributed by atoms with van der Waals surface area (Å²) in [6.45, 7) is 7.24. The van der Waals surface area contributed by atoms with E-state index in [1.54, 1.807) is 0 Å². The molecule has 6 nitrogen and oxygen atoms in total. The zero-order valence-electron chi connectivity index (χ0n) is 13.5. The first-order valence-corrected chi connectivity index (χ1v) is 9.33. The molecular formula is C15H27N5OS. The molecule has 0 aromatic carbocycles. The molecule has 0 saturated carbocycles. The van der Waals surface area contributed by atoms with Crippen LogP contribution in [0.15, 0.2) is 5.16 Å². The topological polar surface area (TPSA) is 55.2 Å². The summed E-state index contributed by atoms with van der Waals surface area (Å²) in [5.41, 5.74) is 0. The molecule has 7 heteroatoms. The van der Waals surface area contributed by atoms with Crippen molar-refractivity contribution in [1.29, 1.82) is 0 Å². The van der Waals surface area contributed by atoms with E-state index in [1.165, 1.54) is 12.8 Å². The van der Waals surface area contributed by atoms with Gasteiger partial charge in [-0.15, -0.1) is 10.2 Å². The molecule has 124 valence electrons. The fourth-order valence-electron chi connectivity index (χ4n) is 3.08. The average Bonchev–Trinajstić information content (AvgIpc) is 2.90. The van der Waals surface area contributed by atoms with E-state index in [-0.39, 0.29) is 0 Å². The first-order chi connectivity index (χ1) is 10.8. The maximum atomic E-state index is 5.38. The zero-order valence-corrected chi connectivity index (χ0v) is 14.3. The first kappa shape index (κ1) is 16.2. The largest absolute Gasteiger partial charge is 0.379 e. The Hall–Kier alpha value is -0.630. The van der Waals surface area contributed by atoms with E-state index in [0.29, 0.717) is 0 Å². The predicted octanol–water partition coefficient (Wildman–Crippen LogP) is 0.782. The lowest BCUT2D eigenvalue weighted by molar-refractivity contribution is 0.0410. The summed E-state index contributed by atoms with van der Waals surface area (Å²) in [6, 6.07) is 0. The Morgan fingerprint density at radius 1 is 1.23 bits per heavy atom. The van der Waals surface area contributed by atoms with Crippen molar-refractivity contribution in [2.45, 2.75) is 24.4 Å². The van der Waals surface area contributed by atoms with Crippen molar-refractivity contribution in [3.63, 3.8) is 0 Å². The van der Waals surface area contributed by atoms with Crippen LogP contribution in [0.3, 0.4) is 0 Å². The van der Waals surface area contributed by atoms with Crippen molar-refractivity contribution in [2.24, 2.45) is 13.0 Å². The molecule has 22 heavy (non-hydrogen) atoms. The van der Waals surface area contributed by atoms with Gasteiger partial charge in [0, 0.05) is 38.9 Å².